The van der Waals surface area contributed by atoms with Gasteiger partial charge in [0.05, 0.1) is 29.2 Å². The van der Waals surface area contributed by atoms with Gasteiger partial charge in [0, 0.05) is 18.3 Å². The van der Waals surface area contributed by atoms with Crippen molar-refractivity contribution in [1.29, 1.82) is 0 Å². The molecule has 8 nitrogen and oxygen atoms in total. The molecule has 122 valence electrons. The van der Waals surface area contributed by atoms with Crippen LogP contribution in [0.1, 0.15) is 25.5 Å². The van der Waals surface area contributed by atoms with E-state index in [0.717, 1.165) is 0 Å². The van der Waals surface area contributed by atoms with Crippen LogP contribution in [0.25, 0.3) is 0 Å². The maximum Gasteiger partial charge on any atom is 0.337 e. The van der Waals surface area contributed by atoms with Crippen molar-refractivity contribution in [2.75, 3.05) is 13.7 Å². The van der Waals surface area contributed by atoms with Crippen LogP contribution in [0.5, 0.6) is 0 Å². The molecule has 0 bridgehead atoms. The molecule has 23 heavy (non-hydrogen) atoms. The standard InChI is InChI=1S/C15H17N3O5/c1-4-17-9(2)12(14(19)23-3)13(16-15(17)20)10-7-5-6-8-11(10)18(21)22/h5-8,13H,4H2,1-3H3,(H,16,20)/t13-/m0/s1. The number of hydrogen-bond acceptors (Lipinski definition) is 5. The zero-order valence-corrected chi connectivity index (χ0v) is 13.0. The van der Waals surface area contributed by atoms with Crippen molar-refractivity contribution in [3.05, 3.63) is 51.2 Å². The smallest absolute Gasteiger partial charge is 0.337 e. The van der Waals surface area contributed by atoms with Crippen molar-refractivity contribution in [2.24, 2.45) is 0 Å². The molecular formula is C15H17N3O5. The number of para-hydroxylation sites is 1. The molecule has 0 fully saturated rings. The third-order valence-electron chi connectivity index (χ3n) is 3.76. The Morgan fingerprint density at radius 1 is 1.43 bits per heavy atom. The molecule has 0 radical (unpaired) electrons. The van der Waals surface area contributed by atoms with Gasteiger partial charge in [-0.05, 0) is 19.9 Å². The molecule has 1 heterocycles. The summed E-state index contributed by atoms with van der Waals surface area (Å²) in [6.45, 7) is 3.75. The topological polar surface area (TPSA) is 102 Å². The van der Waals surface area contributed by atoms with Gasteiger partial charge in [-0.3, -0.25) is 15.0 Å². The quantitative estimate of drug-likeness (QED) is 0.520. The van der Waals surface area contributed by atoms with Crippen molar-refractivity contribution in [1.82, 2.24) is 10.2 Å². The van der Waals surface area contributed by atoms with E-state index in [4.69, 9.17) is 4.74 Å². The molecule has 0 spiro atoms. The number of urea groups is 1. The second-order valence-corrected chi connectivity index (χ2v) is 4.93. The number of rotatable bonds is 4. The molecule has 0 aliphatic carbocycles. The zero-order chi connectivity index (χ0) is 17.1. The summed E-state index contributed by atoms with van der Waals surface area (Å²) >= 11 is 0. The van der Waals surface area contributed by atoms with Gasteiger partial charge in [-0.2, -0.15) is 0 Å². The number of nitro groups is 1. The Morgan fingerprint density at radius 2 is 2.09 bits per heavy atom. The van der Waals surface area contributed by atoms with Gasteiger partial charge in [-0.1, -0.05) is 12.1 Å². The van der Waals surface area contributed by atoms with Crippen molar-refractivity contribution < 1.29 is 19.2 Å². The molecule has 0 aromatic heterocycles. The van der Waals surface area contributed by atoms with E-state index in [2.05, 4.69) is 5.32 Å². The molecule has 1 aliphatic rings. The number of benzene rings is 1. The van der Waals surface area contributed by atoms with E-state index in [1.54, 1.807) is 19.9 Å². The predicted molar refractivity (Wildman–Crippen MR) is 81.5 cm³/mol. The lowest BCUT2D eigenvalue weighted by Gasteiger charge is -2.34. The summed E-state index contributed by atoms with van der Waals surface area (Å²) in [7, 11) is 1.23. The lowest BCUT2D eigenvalue weighted by atomic mass is 9.93. The maximum atomic E-state index is 12.2. The number of methoxy groups -OCH3 is 1. The Bertz CT molecular complexity index is 698. The summed E-state index contributed by atoms with van der Waals surface area (Å²) in [6.07, 6.45) is 0. The van der Waals surface area contributed by atoms with E-state index in [1.807, 2.05) is 0 Å². The molecule has 1 aliphatic heterocycles. The number of nitrogens with zero attached hydrogens (tertiary/aromatic N) is 2. The Labute approximate surface area is 132 Å². The van der Waals surface area contributed by atoms with Gasteiger partial charge in [0.2, 0.25) is 0 Å². The number of allylic oxidation sites excluding steroid dienone is 1. The normalized spacial score (nSPS) is 17.8. The van der Waals surface area contributed by atoms with Crippen LogP contribution in [0.2, 0.25) is 0 Å². The predicted octanol–water partition coefficient (Wildman–Crippen LogP) is 2.13. The first-order chi connectivity index (χ1) is 10.9. The number of nitro benzene ring substituents is 1. The molecule has 2 amide bonds. The minimum Gasteiger partial charge on any atom is -0.466 e. The van der Waals surface area contributed by atoms with Gasteiger partial charge < -0.3 is 10.1 Å². The van der Waals surface area contributed by atoms with Crippen molar-refractivity contribution in [2.45, 2.75) is 19.9 Å². The largest absolute Gasteiger partial charge is 0.466 e. The van der Waals surface area contributed by atoms with Crippen LogP contribution < -0.4 is 5.32 Å². The number of amides is 2. The maximum absolute atomic E-state index is 12.2. The van der Waals surface area contributed by atoms with E-state index >= 15 is 0 Å². The zero-order valence-electron chi connectivity index (χ0n) is 13.0. The minimum atomic E-state index is -0.931. The number of hydrogen-bond donors (Lipinski definition) is 1. The van der Waals surface area contributed by atoms with Crippen LogP contribution in [0, 0.1) is 10.1 Å². The fraction of sp³-hybridized carbons (Fsp3) is 0.333. The first kappa shape index (κ1) is 16.5. The second-order valence-electron chi connectivity index (χ2n) is 4.93. The van der Waals surface area contributed by atoms with Gasteiger partial charge in [0.1, 0.15) is 0 Å². The van der Waals surface area contributed by atoms with Gasteiger partial charge in [0.25, 0.3) is 5.69 Å². The molecule has 1 aromatic rings. The summed E-state index contributed by atoms with van der Waals surface area (Å²) in [5.41, 5.74) is 0.674. The van der Waals surface area contributed by atoms with E-state index in [1.165, 1.54) is 30.2 Å². The van der Waals surface area contributed by atoms with Gasteiger partial charge in [-0.15, -0.1) is 0 Å². The number of carbonyl (C=O) groups excluding carboxylic acids is 2. The van der Waals surface area contributed by atoms with Crippen molar-refractivity contribution >= 4 is 17.7 Å². The lowest BCUT2D eigenvalue weighted by Crippen LogP contribution is -2.47. The van der Waals surface area contributed by atoms with E-state index in [0.29, 0.717) is 12.2 Å². The Hall–Kier alpha value is -2.90. The second kappa shape index (κ2) is 6.47. The first-order valence-electron chi connectivity index (χ1n) is 7.02. The number of carbonyl (C=O) groups is 2. The Balaban J connectivity index is 2.65. The highest BCUT2D eigenvalue weighted by Crippen LogP contribution is 2.35. The number of esters is 1. The molecule has 0 saturated heterocycles. The average molecular weight is 319 g/mol. The summed E-state index contributed by atoms with van der Waals surface area (Å²) in [6, 6.07) is 4.64. The minimum absolute atomic E-state index is 0.169. The summed E-state index contributed by atoms with van der Waals surface area (Å²) in [5.74, 6) is -0.635. The highest BCUT2D eigenvalue weighted by molar-refractivity contribution is 5.95. The van der Waals surface area contributed by atoms with Crippen LogP contribution in [0.4, 0.5) is 10.5 Å². The molecular weight excluding hydrogens is 302 g/mol. The first-order valence-corrected chi connectivity index (χ1v) is 7.02. The summed E-state index contributed by atoms with van der Waals surface area (Å²) in [5, 5.41) is 13.9. The van der Waals surface area contributed by atoms with Gasteiger partial charge in [0.15, 0.2) is 0 Å². The monoisotopic (exact) mass is 319 g/mol. The van der Waals surface area contributed by atoms with Gasteiger partial charge in [-0.25, -0.2) is 9.59 Å². The number of nitrogens with one attached hydrogen (secondary N) is 1. The van der Waals surface area contributed by atoms with E-state index in [-0.39, 0.29) is 16.8 Å². The van der Waals surface area contributed by atoms with E-state index in [9.17, 15) is 19.7 Å². The molecule has 1 atom stereocenters. The van der Waals surface area contributed by atoms with Crippen LogP contribution in [-0.4, -0.2) is 35.5 Å². The molecule has 0 saturated carbocycles. The summed E-state index contributed by atoms with van der Waals surface area (Å²) < 4.78 is 4.80. The van der Waals surface area contributed by atoms with E-state index < -0.39 is 23.0 Å². The SMILES string of the molecule is CCN1C(=O)N[C@@H](c2ccccc2[N+](=O)[O-])C(C(=O)OC)=C1C. The third kappa shape index (κ3) is 2.87. The molecule has 1 aromatic carbocycles. The van der Waals surface area contributed by atoms with Crippen LogP contribution >= 0.6 is 0 Å². The third-order valence-corrected chi connectivity index (χ3v) is 3.76. The Morgan fingerprint density at radius 3 is 2.65 bits per heavy atom. The Kier molecular flexibility index (Phi) is 4.63. The van der Waals surface area contributed by atoms with Crippen LogP contribution in [0.15, 0.2) is 35.5 Å². The fourth-order valence-corrected chi connectivity index (χ4v) is 2.67. The lowest BCUT2D eigenvalue weighted by molar-refractivity contribution is -0.385. The molecule has 8 heteroatoms. The highest BCUT2D eigenvalue weighted by atomic mass is 16.6. The van der Waals surface area contributed by atoms with Crippen molar-refractivity contribution in [3.8, 4) is 0 Å². The van der Waals surface area contributed by atoms with Crippen molar-refractivity contribution in [3.63, 3.8) is 0 Å². The van der Waals surface area contributed by atoms with Crippen LogP contribution in [-0.2, 0) is 9.53 Å². The summed E-state index contributed by atoms with van der Waals surface area (Å²) in [4.78, 5) is 36.5. The van der Waals surface area contributed by atoms with Gasteiger partial charge >= 0.3 is 12.0 Å². The molecule has 2 rings (SSSR count). The fourth-order valence-electron chi connectivity index (χ4n) is 2.67. The molecule has 1 N–H and O–H groups in total. The molecule has 0 unspecified atom stereocenters. The number of ether oxygens (including phenoxy) is 1. The average Bonchev–Trinajstić information content (AvgIpc) is 2.54. The van der Waals surface area contributed by atoms with Crippen LogP contribution in [0.3, 0.4) is 0 Å². The highest BCUT2D eigenvalue weighted by Gasteiger charge is 2.38.